The minimum atomic E-state index is -1.57. The van der Waals surface area contributed by atoms with Gasteiger partial charge < -0.3 is 10.0 Å². The second-order valence-electron chi connectivity index (χ2n) is 3.96. The Morgan fingerprint density at radius 3 is 2.33 bits per heavy atom. The zero-order chi connectivity index (χ0) is 13.5. The minimum Gasteiger partial charge on any atom is -0.475 e. The normalized spacial score (nSPS) is 9.83. The third-order valence-corrected chi connectivity index (χ3v) is 2.55. The summed E-state index contributed by atoms with van der Waals surface area (Å²) in [5.74, 6) is -3.12. The standard InChI is InChI=1S/C13H15NO4/c1-14(12(16)9-11(15)13(17)18)8-7-10-5-3-2-4-6-10/h2-6H,7-9H2,1H3,(H,17,18). The van der Waals surface area contributed by atoms with Gasteiger partial charge in [-0.05, 0) is 12.0 Å². The maximum Gasteiger partial charge on any atom is 0.372 e. The SMILES string of the molecule is CN(CCc1ccccc1)C(=O)CC(=O)C(=O)O. The molecule has 1 rings (SSSR count). The number of carbonyl (C=O) groups is 3. The molecule has 5 nitrogen and oxygen atoms in total. The van der Waals surface area contributed by atoms with Crippen molar-refractivity contribution in [2.45, 2.75) is 12.8 Å². The van der Waals surface area contributed by atoms with Gasteiger partial charge in [0.1, 0.15) is 0 Å². The Morgan fingerprint density at radius 2 is 1.78 bits per heavy atom. The summed E-state index contributed by atoms with van der Waals surface area (Å²) in [5, 5.41) is 8.40. The largest absolute Gasteiger partial charge is 0.475 e. The smallest absolute Gasteiger partial charge is 0.372 e. The van der Waals surface area contributed by atoms with Gasteiger partial charge in [-0.1, -0.05) is 30.3 Å². The van der Waals surface area contributed by atoms with Crippen LogP contribution in [-0.4, -0.2) is 41.3 Å². The van der Waals surface area contributed by atoms with Crippen LogP contribution in [0, 0.1) is 0 Å². The number of ketones is 1. The highest BCUT2D eigenvalue weighted by Gasteiger charge is 2.18. The van der Waals surface area contributed by atoms with Crippen molar-refractivity contribution in [3.63, 3.8) is 0 Å². The van der Waals surface area contributed by atoms with Crippen LogP contribution in [0.4, 0.5) is 0 Å². The molecule has 0 aliphatic carbocycles. The molecule has 0 aromatic heterocycles. The van der Waals surface area contributed by atoms with E-state index in [9.17, 15) is 14.4 Å². The number of hydrogen-bond donors (Lipinski definition) is 1. The Kier molecular flexibility index (Phi) is 5.05. The van der Waals surface area contributed by atoms with Crippen molar-refractivity contribution < 1.29 is 19.5 Å². The summed E-state index contributed by atoms with van der Waals surface area (Å²) in [6, 6.07) is 9.61. The Hall–Kier alpha value is -2.17. The van der Waals surface area contributed by atoms with Crippen LogP contribution in [0.5, 0.6) is 0 Å². The van der Waals surface area contributed by atoms with E-state index in [0.29, 0.717) is 13.0 Å². The topological polar surface area (TPSA) is 74.7 Å². The van der Waals surface area contributed by atoms with Crippen molar-refractivity contribution in [3.05, 3.63) is 35.9 Å². The van der Waals surface area contributed by atoms with Gasteiger partial charge in [-0.25, -0.2) is 4.79 Å². The van der Waals surface area contributed by atoms with Crippen molar-refractivity contribution >= 4 is 17.7 Å². The van der Waals surface area contributed by atoms with E-state index >= 15 is 0 Å². The predicted molar refractivity (Wildman–Crippen MR) is 65.0 cm³/mol. The summed E-state index contributed by atoms with van der Waals surface area (Å²) in [5.41, 5.74) is 1.08. The lowest BCUT2D eigenvalue weighted by atomic mass is 10.1. The molecule has 0 saturated carbocycles. The number of likely N-dealkylation sites (N-methyl/N-ethyl adjacent to an activating group) is 1. The number of carboxylic acids is 1. The first-order valence-electron chi connectivity index (χ1n) is 5.54. The molecule has 0 aliphatic rings. The van der Waals surface area contributed by atoms with Crippen molar-refractivity contribution in [2.75, 3.05) is 13.6 Å². The van der Waals surface area contributed by atoms with Crippen molar-refractivity contribution in [3.8, 4) is 0 Å². The summed E-state index contributed by atoms with van der Waals surface area (Å²) >= 11 is 0. The molecule has 1 aromatic rings. The summed E-state index contributed by atoms with van der Waals surface area (Å²) in [7, 11) is 1.56. The van der Waals surface area contributed by atoms with E-state index in [0.717, 1.165) is 5.56 Å². The van der Waals surface area contributed by atoms with Gasteiger partial charge in [0.15, 0.2) is 0 Å². The van der Waals surface area contributed by atoms with E-state index < -0.39 is 24.1 Å². The molecule has 0 spiro atoms. The van der Waals surface area contributed by atoms with Crippen LogP contribution >= 0.6 is 0 Å². The first-order valence-corrected chi connectivity index (χ1v) is 5.54. The van der Waals surface area contributed by atoms with Crippen molar-refractivity contribution in [1.82, 2.24) is 4.90 Å². The second kappa shape index (κ2) is 6.54. The maximum atomic E-state index is 11.5. The molecule has 1 N–H and O–H groups in total. The number of carbonyl (C=O) groups excluding carboxylic acids is 2. The molecule has 0 bridgehead atoms. The molecule has 0 saturated heterocycles. The fourth-order valence-corrected chi connectivity index (χ4v) is 1.41. The number of hydrogen-bond acceptors (Lipinski definition) is 3. The molecule has 18 heavy (non-hydrogen) atoms. The molecule has 96 valence electrons. The van der Waals surface area contributed by atoms with Crippen LogP contribution in [0.2, 0.25) is 0 Å². The highest BCUT2D eigenvalue weighted by Crippen LogP contribution is 2.01. The number of Topliss-reactive ketones (excluding diaryl/α,β-unsaturated/α-hetero) is 1. The molecule has 1 amide bonds. The average Bonchev–Trinajstić information content (AvgIpc) is 2.36. The number of nitrogens with zero attached hydrogens (tertiary/aromatic N) is 1. The third-order valence-electron chi connectivity index (χ3n) is 2.55. The maximum absolute atomic E-state index is 11.5. The molecular weight excluding hydrogens is 234 g/mol. The Morgan fingerprint density at radius 1 is 1.17 bits per heavy atom. The van der Waals surface area contributed by atoms with Crippen molar-refractivity contribution in [1.29, 1.82) is 0 Å². The monoisotopic (exact) mass is 249 g/mol. The van der Waals surface area contributed by atoms with Crippen LogP contribution in [0.1, 0.15) is 12.0 Å². The highest BCUT2D eigenvalue weighted by atomic mass is 16.4. The number of aliphatic carboxylic acids is 1. The lowest BCUT2D eigenvalue weighted by Crippen LogP contribution is -2.32. The first kappa shape index (κ1) is 13.9. The lowest BCUT2D eigenvalue weighted by molar-refractivity contribution is -0.151. The second-order valence-corrected chi connectivity index (χ2v) is 3.96. The molecule has 0 atom stereocenters. The van der Waals surface area contributed by atoms with Gasteiger partial charge in [0, 0.05) is 13.6 Å². The highest BCUT2D eigenvalue weighted by molar-refractivity contribution is 6.36. The number of benzene rings is 1. The molecule has 0 radical (unpaired) electrons. The van der Waals surface area contributed by atoms with Crippen LogP contribution < -0.4 is 0 Å². The van der Waals surface area contributed by atoms with E-state index in [1.165, 1.54) is 4.90 Å². The number of carboxylic acid groups (broad SMARTS) is 1. The van der Waals surface area contributed by atoms with E-state index in [4.69, 9.17) is 5.11 Å². The van der Waals surface area contributed by atoms with Gasteiger partial charge in [0.2, 0.25) is 11.7 Å². The lowest BCUT2D eigenvalue weighted by Gasteiger charge is -2.16. The average molecular weight is 249 g/mol. The molecule has 0 heterocycles. The molecule has 0 aliphatic heterocycles. The zero-order valence-corrected chi connectivity index (χ0v) is 10.1. The quantitative estimate of drug-likeness (QED) is 0.595. The molecule has 5 heteroatoms. The minimum absolute atomic E-state index is 0.454. The summed E-state index contributed by atoms with van der Waals surface area (Å²) in [4.78, 5) is 34.1. The Balaban J connectivity index is 2.41. The molecule has 1 aromatic carbocycles. The van der Waals surface area contributed by atoms with Crippen LogP contribution in [0.25, 0.3) is 0 Å². The first-order chi connectivity index (χ1) is 8.50. The summed E-state index contributed by atoms with van der Waals surface area (Å²) < 4.78 is 0. The van der Waals surface area contributed by atoms with Gasteiger partial charge in [-0.2, -0.15) is 0 Å². The van der Waals surface area contributed by atoms with E-state index in [-0.39, 0.29) is 0 Å². The Bertz CT molecular complexity index is 442. The van der Waals surface area contributed by atoms with E-state index in [1.807, 2.05) is 30.3 Å². The van der Waals surface area contributed by atoms with Gasteiger partial charge in [0.05, 0.1) is 6.42 Å². The molecule has 0 unspecified atom stereocenters. The van der Waals surface area contributed by atoms with Gasteiger partial charge in [-0.3, -0.25) is 9.59 Å². The van der Waals surface area contributed by atoms with Crippen LogP contribution in [0.15, 0.2) is 30.3 Å². The summed E-state index contributed by atoms with van der Waals surface area (Å²) in [6.07, 6.45) is 0.0883. The van der Waals surface area contributed by atoms with E-state index in [2.05, 4.69) is 0 Å². The van der Waals surface area contributed by atoms with Gasteiger partial charge >= 0.3 is 5.97 Å². The fourth-order valence-electron chi connectivity index (χ4n) is 1.41. The number of amides is 1. The molecule has 0 fully saturated rings. The fraction of sp³-hybridized carbons (Fsp3) is 0.308. The zero-order valence-electron chi connectivity index (χ0n) is 10.1. The van der Waals surface area contributed by atoms with Crippen LogP contribution in [0.3, 0.4) is 0 Å². The van der Waals surface area contributed by atoms with Gasteiger partial charge in [-0.15, -0.1) is 0 Å². The third kappa shape index (κ3) is 4.37. The van der Waals surface area contributed by atoms with Gasteiger partial charge in [0.25, 0.3) is 0 Å². The Labute approximate surface area is 105 Å². The predicted octanol–water partition coefficient (Wildman–Crippen LogP) is 0.731. The number of rotatable bonds is 6. The molecular formula is C13H15NO4. The van der Waals surface area contributed by atoms with Crippen molar-refractivity contribution in [2.24, 2.45) is 0 Å². The summed E-state index contributed by atoms with van der Waals surface area (Å²) in [6.45, 7) is 0.454. The van der Waals surface area contributed by atoms with E-state index in [1.54, 1.807) is 7.05 Å². The van der Waals surface area contributed by atoms with Crippen LogP contribution in [-0.2, 0) is 20.8 Å².